The largest absolute Gasteiger partial charge is 0.491 e. The van der Waals surface area contributed by atoms with Crippen molar-refractivity contribution in [3.8, 4) is 5.75 Å². The molecule has 5 heteroatoms. The molecule has 0 radical (unpaired) electrons. The fourth-order valence-electron chi connectivity index (χ4n) is 3.55. The van der Waals surface area contributed by atoms with Crippen molar-refractivity contribution in [2.45, 2.75) is 45.4 Å². The van der Waals surface area contributed by atoms with E-state index in [1.165, 1.54) is 11.1 Å². The highest BCUT2D eigenvalue weighted by molar-refractivity contribution is 6.30. The summed E-state index contributed by atoms with van der Waals surface area (Å²) in [7, 11) is 0. The predicted molar refractivity (Wildman–Crippen MR) is 113 cm³/mol. The SMILES string of the molecule is Cc1cccc(OCC(O)CN(Cc2ccc(Cl)cc2)CC2CCCO2)c1C. The van der Waals surface area contributed by atoms with Crippen LogP contribution in [-0.4, -0.2) is 48.5 Å². The van der Waals surface area contributed by atoms with Crippen LogP contribution in [0.5, 0.6) is 5.75 Å². The van der Waals surface area contributed by atoms with E-state index in [1.807, 2.05) is 43.3 Å². The molecule has 1 fully saturated rings. The smallest absolute Gasteiger partial charge is 0.122 e. The molecule has 2 atom stereocenters. The minimum absolute atomic E-state index is 0.236. The molecule has 1 heterocycles. The van der Waals surface area contributed by atoms with E-state index in [2.05, 4.69) is 17.9 Å². The Morgan fingerprint density at radius 1 is 1.21 bits per heavy atom. The van der Waals surface area contributed by atoms with Crippen LogP contribution in [0.25, 0.3) is 0 Å². The number of nitrogens with zero attached hydrogens (tertiary/aromatic N) is 1. The van der Waals surface area contributed by atoms with Gasteiger partial charge in [0.05, 0.1) is 6.10 Å². The van der Waals surface area contributed by atoms with Gasteiger partial charge in [-0.2, -0.15) is 0 Å². The maximum atomic E-state index is 10.6. The monoisotopic (exact) mass is 403 g/mol. The number of rotatable bonds is 9. The first kappa shape index (κ1) is 21.1. The molecule has 0 amide bonds. The summed E-state index contributed by atoms with van der Waals surface area (Å²) in [6.07, 6.45) is 1.84. The molecule has 0 spiro atoms. The molecule has 0 aliphatic carbocycles. The molecule has 2 aromatic rings. The number of hydrogen-bond donors (Lipinski definition) is 1. The molecule has 2 unspecified atom stereocenters. The molecular formula is C23H30ClNO3. The third-order valence-electron chi connectivity index (χ3n) is 5.26. The Balaban J connectivity index is 1.58. The molecule has 0 aromatic heterocycles. The third-order valence-corrected chi connectivity index (χ3v) is 5.51. The van der Waals surface area contributed by atoms with E-state index in [0.29, 0.717) is 6.54 Å². The minimum atomic E-state index is -0.575. The van der Waals surface area contributed by atoms with E-state index >= 15 is 0 Å². The molecule has 152 valence electrons. The topological polar surface area (TPSA) is 41.9 Å². The molecule has 0 saturated carbocycles. The molecule has 4 nitrogen and oxygen atoms in total. The van der Waals surface area contributed by atoms with Crippen molar-refractivity contribution in [1.82, 2.24) is 4.90 Å². The van der Waals surface area contributed by atoms with Crippen LogP contribution in [0.3, 0.4) is 0 Å². The zero-order valence-corrected chi connectivity index (χ0v) is 17.5. The highest BCUT2D eigenvalue weighted by Gasteiger charge is 2.21. The summed E-state index contributed by atoms with van der Waals surface area (Å²) in [4.78, 5) is 2.25. The number of ether oxygens (including phenoxy) is 2. The average Bonchev–Trinajstić information content (AvgIpc) is 3.18. The molecule has 1 aliphatic rings. The summed E-state index contributed by atoms with van der Waals surface area (Å²) in [5.74, 6) is 0.836. The van der Waals surface area contributed by atoms with Crippen molar-refractivity contribution < 1.29 is 14.6 Å². The summed E-state index contributed by atoms with van der Waals surface area (Å²) in [5, 5.41) is 11.3. The molecular weight excluding hydrogens is 374 g/mol. The first-order chi connectivity index (χ1) is 13.5. The van der Waals surface area contributed by atoms with Crippen LogP contribution in [0, 0.1) is 13.8 Å². The zero-order chi connectivity index (χ0) is 19.9. The van der Waals surface area contributed by atoms with E-state index in [1.54, 1.807) is 0 Å². The Labute approximate surface area is 173 Å². The van der Waals surface area contributed by atoms with Gasteiger partial charge in [0.15, 0.2) is 0 Å². The highest BCUT2D eigenvalue weighted by atomic mass is 35.5. The summed E-state index contributed by atoms with van der Waals surface area (Å²) < 4.78 is 11.7. The number of aliphatic hydroxyl groups excluding tert-OH is 1. The normalized spacial score (nSPS) is 17.8. The lowest BCUT2D eigenvalue weighted by molar-refractivity contribution is 0.0312. The van der Waals surface area contributed by atoms with Crippen molar-refractivity contribution in [1.29, 1.82) is 0 Å². The maximum absolute atomic E-state index is 10.6. The van der Waals surface area contributed by atoms with E-state index in [9.17, 15) is 5.11 Å². The number of aliphatic hydroxyl groups is 1. The number of hydrogen-bond acceptors (Lipinski definition) is 4. The van der Waals surface area contributed by atoms with Crippen molar-refractivity contribution >= 4 is 11.6 Å². The lowest BCUT2D eigenvalue weighted by Crippen LogP contribution is -2.39. The first-order valence-electron chi connectivity index (χ1n) is 9.96. The van der Waals surface area contributed by atoms with Crippen LogP contribution in [0.4, 0.5) is 0 Å². The van der Waals surface area contributed by atoms with E-state index in [4.69, 9.17) is 21.1 Å². The van der Waals surface area contributed by atoms with Crippen LogP contribution < -0.4 is 4.74 Å². The van der Waals surface area contributed by atoms with Crippen LogP contribution in [0.15, 0.2) is 42.5 Å². The lowest BCUT2D eigenvalue weighted by Gasteiger charge is -2.27. The summed E-state index contributed by atoms with van der Waals surface area (Å²) in [6.45, 7) is 7.30. The summed E-state index contributed by atoms with van der Waals surface area (Å²) in [5.41, 5.74) is 3.48. The van der Waals surface area contributed by atoms with Crippen molar-refractivity contribution in [3.63, 3.8) is 0 Å². The standard InChI is InChI=1S/C23H30ClNO3/c1-17-5-3-7-23(18(17)2)28-16-21(26)14-25(15-22-6-4-12-27-22)13-19-8-10-20(24)11-9-19/h3,5,7-11,21-22,26H,4,6,12-16H2,1-2H3. The highest BCUT2D eigenvalue weighted by Crippen LogP contribution is 2.21. The molecule has 1 saturated heterocycles. The molecule has 0 bridgehead atoms. The van der Waals surface area contributed by atoms with Crippen molar-refractivity contribution in [2.75, 3.05) is 26.3 Å². The molecule has 2 aromatic carbocycles. The van der Waals surface area contributed by atoms with Gasteiger partial charge in [-0.15, -0.1) is 0 Å². The van der Waals surface area contributed by atoms with Crippen molar-refractivity contribution in [3.05, 3.63) is 64.2 Å². The zero-order valence-electron chi connectivity index (χ0n) is 16.7. The second-order valence-corrected chi connectivity index (χ2v) is 8.05. The van der Waals surface area contributed by atoms with Gasteiger partial charge < -0.3 is 14.6 Å². The molecule has 1 N–H and O–H groups in total. The van der Waals surface area contributed by atoms with Crippen LogP contribution in [-0.2, 0) is 11.3 Å². The van der Waals surface area contributed by atoms with Gasteiger partial charge in [0.25, 0.3) is 0 Å². The van der Waals surface area contributed by atoms with Gasteiger partial charge in [-0.25, -0.2) is 0 Å². The predicted octanol–water partition coefficient (Wildman–Crippen LogP) is 4.38. The Morgan fingerprint density at radius 2 is 2.00 bits per heavy atom. The van der Waals surface area contributed by atoms with E-state index < -0.39 is 6.10 Å². The van der Waals surface area contributed by atoms with Gasteiger partial charge in [-0.3, -0.25) is 4.90 Å². The fourth-order valence-corrected chi connectivity index (χ4v) is 3.67. The first-order valence-corrected chi connectivity index (χ1v) is 10.3. The quantitative estimate of drug-likeness (QED) is 0.674. The van der Waals surface area contributed by atoms with Crippen LogP contribution in [0.2, 0.25) is 5.02 Å². The maximum Gasteiger partial charge on any atom is 0.122 e. The van der Waals surface area contributed by atoms with Crippen LogP contribution in [0.1, 0.15) is 29.5 Å². The van der Waals surface area contributed by atoms with Gasteiger partial charge in [0, 0.05) is 31.3 Å². The van der Waals surface area contributed by atoms with Crippen molar-refractivity contribution in [2.24, 2.45) is 0 Å². The van der Waals surface area contributed by atoms with Crippen LogP contribution >= 0.6 is 11.6 Å². The minimum Gasteiger partial charge on any atom is -0.491 e. The Kier molecular flexibility index (Phi) is 7.74. The Bertz CT molecular complexity index is 744. The average molecular weight is 404 g/mol. The third kappa shape index (κ3) is 6.21. The molecule has 3 rings (SSSR count). The lowest BCUT2D eigenvalue weighted by atomic mass is 10.1. The number of aryl methyl sites for hydroxylation is 1. The van der Waals surface area contributed by atoms with Gasteiger partial charge in [-0.05, 0) is 61.6 Å². The fraction of sp³-hybridized carbons (Fsp3) is 0.478. The van der Waals surface area contributed by atoms with E-state index in [-0.39, 0.29) is 12.7 Å². The number of halogens is 1. The summed E-state index contributed by atoms with van der Waals surface area (Å²) >= 11 is 6.00. The Morgan fingerprint density at radius 3 is 2.71 bits per heavy atom. The molecule has 1 aliphatic heterocycles. The second kappa shape index (κ2) is 10.3. The molecule has 28 heavy (non-hydrogen) atoms. The summed E-state index contributed by atoms with van der Waals surface area (Å²) in [6, 6.07) is 13.9. The van der Waals surface area contributed by atoms with Gasteiger partial charge in [0.2, 0.25) is 0 Å². The van der Waals surface area contributed by atoms with Gasteiger partial charge >= 0.3 is 0 Å². The second-order valence-electron chi connectivity index (χ2n) is 7.62. The Hall–Kier alpha value is -1.59. The number of benzene rings is 2. The van der Waals surface area contributed by atoms with Gasteiger partial charge in [0.1, 0.15) is 18.5 Å². The van der Waals surface area contributed by atoms with E-state index in [0.717, 1.165) is 48.9 Å². The van der Waals surface area contributed by atoms with Gasteiger partial charge in [-0.1, -0.05) is 35.9 Å².